The highest BCUT2D eigenvalue weighted by atomic mass is 35.5. The van der Waals surface area contributed by atoms with E-state index in [1.807, 2.05) is 0 Å². The third-order valence-electron chi connectivity index (χ3n) is 2.76. The summed E-state index contributed by atoms with van der Waals surface area (Å²) in [5, 5.41) is 12.2. The molecule has 0 unspecified atom stereocenters. The summed E-state index contributed by atoms with van der Waals surface area (Å²) in [6, 6.07) is 4.56. The molecule has 100 valence electrons. The van der Waals surface area contributed by atoms with Gasteiger partial charge in [-0.05, 0) is 18.2 Å². The molecule has 0 aliphatic heterocycles. The van der Waals surface area contributed by atoms with E-state index in [4.69, 9.17) is 23.2 Å². The largest absolute Gasteiger partial charge is 0.478 e. The van der Waals surface area contributed by atoms with Crippen LogP contribution in [-0.4, -0.2) is 21.0 Å². The third-order valence-corrected chi connectivity index (χ3v) is 3.85. The van der Waals surface area contributed by atoms with Crippen molar-refractivity contribution >= 4 is 51.4 Å². The van der Waals surface area contributed by atoms with Crippen LogP contribution in [0.3, 0.4) is 0 Å². The quantitative estimate of drug-likeness (QED) is 0.760. The smallest absolute Gasteiger partial charge is 0.336 e. The van der Waals surface area contributed by atoms with Gasteiger partial charge in [0.25, 0.3) is 0 Å². The fourth-order valence-corrected chi connectivity index (χ4v) is 2.98. The molecule has 0 radical (unpaired) electrons. The number of nitrogens with zero attached hydrogens (tertiary/aromatic N) is 2. The summed E-state index contributed by atoms with van der Waals surface area (Å²) in [7, 11) is 0. The lowest BCUT2D eigenvalue weighted by molar-refractivity contribution is 0.0699. The number of thiazole rings is 1. The minimum atomic E-state index is -1.06. The molecular weight excluding hydrogens is 319 g/mol. The van der Waals surface area contributed by atoms with E-state index in [2.05, 4.69) is 9.97 Å². The lowest BCUT2D eigenvalue weighted by atomic mass is 10.1. The number of carbonyl (C=O) groups is 1. The highest BCUT2D eigenvalue weighted by Gasteiger charge is 2.16. The van der Waals surface area contributed by atoms with Gasteiger partial charge >= 0.3 is 5.97 Å². The van der Waals surface area contributed by atoms with Crippen LogP contribution in [0, 0.1) is 0 Å². The molecule has 0 amide bonds. The molecule has 2 aromatic heterocycles. The maximum Gasteiger partial charge on any atom is 0.336 e. The first-order chi connectivity index (χ1) is 9.56. The molecule has 0 atom stereocenters. The number of aromatic nitrogens is 2. The predicted octanol–water partition coefficient (Wildman–Crippen LogP) is 4.36. The van der Waals surface area contributed by atoms with E-state index in [-0.39, 0.29) is 5.56 Å². The molecule has 3 aromatic rings. The summed E-state index contributed by atoms with van der Waals surface area (Å²) in [5.74, 6) is -1.06. The molecule has 20 heavy (non-hydrogen) atoms. The summed E-state index contributed by atoms with van der Waals surface area (Å²) in [4.78, 5) is 20.0. The number of hydrogen-bond donors (Lipinski definition) is 1. The molecule has 7 heteroatoms. The maximum atomic E-state index is 11.4. The monoisotopic (exact) mass is 324 g/mol. The van der Waals surface area contributed by atoms with E-state index in [0.717, 1.165) is 0 Å². The number of halogens is 2. The molecule has 4 nitrogen and oxygen atoms in total. The lowest BCUT2D eigenvalue weighted by Crippen LogP contribution is -2.00. The molecule has 0 saturated carbocycles. The second-order valence-electron chi connectivity index (χ2n) is 4.02. The number of pyridine rings is 1. The summed E-state index contributed by atoms with van der Waals surface area (Å²) < 4.78 is 0. The zero-order chi connectivity index (χ0) is 14.3. The Morgan fingerprint density at radius 1 is 1.20 bits per heavy atom. The Kier molecular flexibility index (Phi) is 3.33. The van der Waals surface area contributed by atoms with Crippen LogP contribution in [0.25, 0.3) is 22.3 Å². The first-order valence-corrected chi connectivity index (χ1v) is 7.18. The Morgan fingerprint density at radius 3 is 2.65 bits per heavy atom. The molecule has 3 rings (SSSR count). The average Bonchev–Trinajstić information content (AvgIpc) is 2.91. The van der Waals surface area contributed by atoms with Gasteiger partial charge in [-0.2, -0.15) is 0 Å². The van der Waals surface area contributed by atoms with Crippen molar-refractivity contribution in [1.82, 2.24) is 9.97 Å². The Balaban J connectivity index is 2.40. The van der Waals surface area contributed by atoms with Crippen molar-refractivity contribution in [2.45, 2.75) is 0 Å². The van der Waals surface area contributed by atoms with Crippen molar-refractivity contribution in [2.24, 2.45) is 0 Å². The van der Waals surface area contributed by atoms with Gasteiger partial charge in [-0.3, -0.25) is 0 Å². The van der Waals surface area contributed by atoms with Crippen molar-refractivity contribution in [2.75, 3.05) is 0 Å². The van der Waals surface area contributed by atoms with E-state index in [0.29, 0.717) is 32.3 Å². The molecule has 0 aliphatic carbocycles. The van der Waals surface area contributed by atoms with Crippen molar-refractivity contribution in [3.05, 3.63) is 44.7 Å². The van der Waals surface area contributed by atoms with Gasteiger partial charge < -0.3 is 5.11 Å². The topological polar surface area (TPSA) is 63.1 Å². The summed E-state index contributed by atoms with van der Waals surface area (Å²) in [5.41, 5.74) is 3.25. The molecule has 0 fully saturated rings. The molecule has 1 aromatic carbocycles. The standard InChI is InChI=1S/C13H6Cl2N2O2S/c14-6-1-7-8(13(18)19)3-10(11-4-20-5-16-11)17-12(7)9(15)2-6/h1-5H,(H,18,19). The lowest BCUT2D eigenvalue weighted by Gasteiger charge is -2.07. The van der Waals surface area contributed by atoms with Crippen LogP contribution in [0.2, 0.25) is 10.0 Å². The van der Waals surface area contributed by atoms with E-state index in [9.17, 15) is 9.90 Å². The number of carboxylic acids is 1. The molecule has 0 bridgehead atoms. The maximum absolute atomic E-state index is 11.4. The van der Waals surface area contributed by atoms with E-state index in [1.165, 1.54) is 23.5 Å². The first kappa shape index (κ1) is 13.3. The van der Waals surface area contributed by atoms with E-state index in [1.54, 1.807) is 17.0 Å². The zero-order valence-corrected chi connectivity index (χ0v) is 12.1. The fourth-order valence-electron chi connectivity index (χ4n) is 1.90. The average molecular weight is 325 g/mol. The van der Waals surface area contributed by atoms with Crippen molar-refractivity contribution < 1.29 is 9.90 Å². The minimum absolute atomic E-state index is 0.0994. The van der Waals surface area contributed by atoms with Crippen LogP contribution >= 0.6 is 34.5 Å². The number of rotatable bonds is 2. The van der Waals surface area contributed by atoms with Gasteiger partial charge in [-0.15, -0.1) is 11.3 Å². The van der Waals surface area contributed by atoms with Crippen molar-refractivity contribution in [3.63, 3.8) is 0 Å². The number of fused-ring (bicyclic) bond motifs is 1. The van der Waals surface area contributed by atoms with Gasteiger partial charge in [0, 0.05) is 15.8 Å². The van der Waals surface area contributed by atoms with Crippen LogP contribution in [0.1, 0.15) is 10.4 Å². The van der Waals surface area contributed by atoms with Crippen molar-refractivity contribution in [1.29, 1.82) is 0 Å². The van der Waals surface area contributed by atoms with Crippen LogP contribution < -0.4 is 0 Å². The van der Waals surface area contributed by atoms with Gasteiger partial charge in [0.2, 0.25) is 0 Å². The number of carboxylic acid groups (broad SMARTS) is 1. The normalized spacial score (nSPS) is 10.9. The van der Waals surface area contributed by atoms with Gasteiger partial charge in [0.15, 0.2) is 0 Å². The number of benzene rings is 1. The Morgan fingerprint density at radius 2 is 2.00 bits per heavy atom. The van der Waals surface area contributed by atoms with Gasteiger partial charge in [-0.1, -0.05) is 23.2 Å². The second-order valence-corrected chi connectivity index (χ2v) is 5.58. The summed E-state index contributed by atoms with van der Waals surface area (Å²) in [6.07, 6.45) is 0. The molecule has 2 heterocycles. The predicted molar refractivity (Wildman–Crippen MR) is 79.8 cm³/mol. The Bertz CT molecular complexity index is 819. The van der Waals surface area contributed by atoms with Crippen LogP contribution in [-0.2, 0) is 0 Å². The van der Waals surface area contributed by atoms with Crippen LogP contribution in [0.5, 0.6) is 0 Å². The van der Waals surface area contributed by atoms with Crippen LogP contribution in [0.15, 0.2) is 29.1 Å². The molecule has 0 saturated heterocycles. The fraction of sp³-hybridized carbons (Fsp3) is 0. The Hall–Kier alpha value is -1.69. The molecule has 0 spiro atoms. The minimum Gasteiger partial charge on any atom is -0.478 e. The van der Waals surface area contributed by atoms with E-state index < -0.39 is 5.97 Å². The van der Waals surface area contributed by atoms with Gasteiger partial charge in [0.05, 0.1) is 33.0 Å². The highest BCUT2D eigenvalue weighted by molar-refractivity contribution is 7.07. The Labute approximate surface area is 127 Å². The summed E-state index contributed by atoms with van der Waals surface area (Å²) >= 11 is 13.4. The van der Waals surface area contributed by atoms with Crippen LogP contribution in [0.4, 0.5) is 0 Å². The SMILES string of the molecule is O=C(O)c1cc(-c2cscn2)nc2c(Cl)cc(Cl)cc12. The number of hydrogen-bond acceptors (Lipinski definition) is 4. The van der Waals surface area contributed by atoms with Gasteiger partial charge in [-0.25, -0.2) is 14.8 Å². The van der Waals surface area contributed by atoms with Crippen molar-refractivity contribution in [3.8, 4) is 11.4 Å². The zero-order valence-electron chi connectivity index (χ0n) is 9.80. The highest BCUT2D eigenvalue weighted by Crippen LogP contribution is 2.31. The number of aromatic carboxylic acids is 1. The van der Waals surface area contributed by atoms with Gasteiger partial charge in [0.1, 0.15) is 0 Å². The third kappa shape index (κ3) is 2.24. The molecule has 0 aliphatic rings. The summed E-state index contributed by atoms with van der Waals surface area (Å²) in [6.45, 7) is 0. The second kappa shape index (κ2) is 5.01. The molecule has 1 N–H and O–H groups in total. The molecular formula is C13H6Cl2N2O2S. The first-order valence-electron chi connectivity index (χ1n) is 5.48. The van der Waals surface area contributed by atoms with E-state index >= 15 is 0 Å².